The predicted molar refractivity (Wildman–Crippen MR) is 163 cm³/mol. The predicted octanol–water partition coefficient (Wildman–Crippen LogP) is 7.52. The van der Waals surface area contributed by atoms with Gasteiger partial charge in [0.25, 0.3) is 0 Å². The van der Waals surface area contributed by atoms with E-state index in [1.807, 2.05) is 36.4 Å². The third kappa shape index (κ3) is 7.63. The number of aromatic nitrogens is 3. The first kappa shape index (κ1) is 29.9. The summed E-state index contributed by atoms with van der Waals surface area (Å²) in [5.74, 6) is 1.04. The van der Waals surface area contributed by atoms with Gasteiger partial charge in [0, 0.05) is 29.2 Å². The third-order valence-electron chi connectivity index (χ3n) is 6.58. The van der Waals surface area contributed by atoms with E-state index in [0.717, 1.165) is 46.7 Å². The summed E-state index contributed by atoms with van der Waals surface area (Å²) >= 11 is 1.58. The molecule has 0 radical (unpaired) electrons. The van der Waals surface area contributed by atoms with Gasteiger partial charge in [0.05, 0.1) is 5.69 Å². The minimum atomic E-state index is -4.75. The highest BCUT2D eigenvalue weighted by Crippen LogP contribution is 2.31. The number of hydrogen-bond donors (Lipinski definition) is 1. The van der Waals surface area contributed by atoms with E-state index in [-0.39, 0.29) is 5.75 Å². The molecule has 1 aliphatic heterocycles. The van der Waals surface area contributed by atoms with Crippen molar-refractivity contribution < 1.29 is 22.7 Å². The first-order valence-electron chi connectivity index (χ1n) is 13.5. The molecule has 0 saturated carbocycles. The molecule has 1 aromatic heterocycles. The van der Waals surface area contributed by atoms with Crippen molar-refractivity contribution in [1.82, 2.24) is 20.1 Å². The number of aryl methyl sites for hydroxylation is 2. The second-order valence-corrected chi connectivity index (χ2v) is 11.0. The smallest absolute Gasteiger partial charge is 0.406 e. The maximum atomic E-state index is 12.8. The van der Waals surface area contributed by atoms with Crippen LogP contribution in [0.1, 0.15) is 30.0 Å². The van der Waals surface area contributed by atoms with E-state index in [1.54, 1.807) is 18.7 Å². The number of carbonyl (C=O) groups is 1. The zero-order valence-electron chi connectivity index (χ0n) is 23.7. The van der Waals surface area contributed by atoms with E-state index in [9.17, 15) is 18.0 Å². The summed E-state index contributed by atoms with van der Waals surface area (Å²) in [5.41, 5.74) is 6.17. The molecule has 2 heterocycles. The summed E-state index contributed by atoms with van der Waals surface area (Å²) in [4.78, 5) is 23.7. The Morgan fingerprint density at radius 2 is 1.74 bits per heavy atom. The van der Waals surface area contributed by atoms with Crippen molar-refractivity contribution in [3.05, 3.63) is 95.4 Å². The average Bonchev–Trinajstić information content (AvgIpc) is 3.44. The van der Waals surface area contributed by atoms with Crippen LogP contribution in [0.2, 0.25) is 0 Å². The summed E-state index contributed by atoms with van der Waals surface area (Å²) in [7, 11) is 0. The Labute approximate surface area is 251 Å². The fourth-order valence-corrected chi connectivity index (χ4v) is 5.65. The molecule has 0 spiro atoms. The number of nitrogens with one attached hydrogen (secondary N) is 1. The van der Waals surface area contributed by atoms with Gasteiger partial charge in [-0.15, -0.1) is 18.3 Å². The van der Waals surface area contributed by atoms with Crippen LogP contribution in [0.4, 0.5) is 23.7 Å². The SMILES string of the molecule is C/C(=C\c1ccc(-c2ncn(-c3ccc(OC(F)(F)F)cc3)n2)cc1)NC(=O)N=C1SCCCN1c1c(C)cccc1C. The Balaban J connectivity index is 1.23. The van der Waals surface area contributed by atoms with Crippen molar-refractivity contribution in [2.75, 3.05) is 17.2 Å². The fourth-order valence-electron chi connectivity index (χ4n) is 4.71. The van der Waals surface area contributed by atoms with E-state index in [4.69, 9.17) is 0 Å². The molecule has 0 atom stereocenters. The number of alkyl halides is 3. The van der Waals surface area contributed by atoms with Crippen LogP contribution >= 0.6 is 11.8 Å². The number of amides is 2. The van der Waals surface area contributed by atoms with Crippen LogP contribution in [0.15, 0.2) is 83.7 Å². The number of nitrogens with zero attached hydrogens (tertiary/aromatic N) is 5. The topological polar surface area (TPSA) is 84.6 Å². The van der Waals surface area contributed by atoms with Crippen molar-refractivity contribution in [2.24, 2.45) is 4.99 Å². The summed E-state index contributed by atoms with van der Waals surface area (Å²) < 4.78 is 42.6. The lowest BCUT2D eigenvalue weighted by Gasteiger charge is -2.31. The van der Waals surface area contributed by atoms with Gasteiger partial charge in [-0.3, -0.25) is 0 Å². The number of carbonyl (C=O) groups excluding carboxylic acids is 1. The lowest BCUT2D eigenvalue weighted by molar-refractivity contribution is -0.274. The first-order chi connectivity index (χ1) is 20.6. The van der Waals surface area contributed by atoms with Crippen molar-refractivity contribution >= 4 is 34.7 Å². The summed E-state index contributed by atoms with van der Waals surface area (Å²) in [6.07, 6.45) is -0.414. The van der Waals surface area contributed by atoms with Gasteiger partial charge in [-0.2, -0.15) is 4.99 Å². The molecule has 0 bridgehead atoms. The number of hydrogen-bond acceptors (Lipinski definition) is 5. The van der Waals surface area contributed by atoms with Crippen molar-refractivity contribution in [3.63, 3.8) is 0 Å². The van der Waals surface area contributed by atoms with Crippen molar-refractivity contribution in [2.45, 2.75) is 33.6 Å². The Bertz CT molecular complexity index is 1640. The zero-order chi connectivity index (χ0) is 30.6. The quantitative estimate of drug-likeness (QED) is 0.244. The van der Waals surface area contributed by atoms with Gasteiger partial charge in [0.15, 0.2) is 11.0 Å². The third-order valence-corrected chi connectivity index (χ3v) is 7.64. The van der Waals surface area contributed by atoms with Crippen LogP contribution in [0.5, 0.6) is 5.75 Å². The molecule has 1 fully saturated rings. The molecule has 1 saturated heterocycles. The number of urea groups is 1. The molecule has 0 aliphatic carbocycles. The molecule has 0 unspecified atom stereocenters. The summed E-state index contributed by atoms with van der Waals surface area (Å²) in [6.45, 7) is 6.75. The lowest BCUT2D eigenvalue weighted by atomic mass is 10.1. The van der Waals surface area contributed by atoms with E-state index in [1.165, 1.54) is 35.3 Å². The largest absolute Gasteiger partial charge is 0.573 e. The zero-order valence-corrected chi connectivity index (χ0v) is 24.5. The number of halogens is 3. The lowest BCUT2D eigenvalue weighted by Crippen LogP contribution is -2.36. The van der Waals surface area contributed by atoms with Gasteiger partial charge >= 0.3 is 12.4 Å². The molecule has 2 amide bonds. The molecule has 12 heteroatoms. The normalized spacial score (nSPS) is 15.1. The second kappa shape index (κ2) is 12.7. The van der Waals surface area contributed by atoms with Gasteiger partial charge in [0.1, 0.15) is 12.1 Å². The maximum Gasteiger partial charge on any atom is 0.573 e. The summed E-state index contributed by atoms with van der Waals surface area (Å²) in [5, 5.41) is 7.98. The number of para-hydroxylation sites is 1. The van der Waals surface area contributed by atoms with Crippen LogP contribution in [0.25, 0.3) is 23.2 Å². The van der Waals surface area contributed by atoms with E-state index < -0.39 is 12.4 Å². The van der Waals surface area contributed by atoms with Crippen LogP contribution in [-0.4, -0.2) is 44.6 Å². The Morgan fingerprint density at radius 1 is 1.05 bits per heavy atom. The Hall–Kier alpha value is -4.58. The second-order valence-electron chi connectivity index (χ2n) is 9.92. The number of aliphatic imine (C=N–C) groups is 1. The highest BCUT2D eigenvalue weighted by Gasteiger charge is 2.31. The van der Waals surface area contributed by atoms with Crippen LogP contribution in [0.3, 0.4) is 0 Å². The molecule has 8 nitrogen and oxygen atoms in total. The fraction of sp³-hybridized carbons (Fsp3) is 0.226. The molecule has 1 N–H and O–H groups in total. The number of anilines is 1. The van der Waals surface area contributed by atoms with Crippen molar-refractivity contribution in [1.29, 1.82) is 0 Å². The number of allylic oxidation sites excluding steroid dienone is 1. The Kier molecular flexibility index (Phi) is 8.86. The average molecular weight is 607 g/mol. The van der Waals surface area contributed by atoms with Gasteiger partial charge in [0.2, 0.25) is 0 Å². The molecule has 5 rings (SSSR count). The van der Waals surface area contributed by atoms with E-state index >= 15 is 0 Å². The highest BCUT2D eigenvalue weighted by molar-refractivity contribution is 8.14. The van der Waals surface area contributed by atoms with Crippen LogP contribution in [0, 0.1) is 13.8 Å². The summed E-state index contributed by atoms with van der Waals surface area (Å²) in [6, 6.07) is 18.5. The minimum absolute atomic E-state index is 0.314. The molecule has 4 aromatic rings. The number of amidine groups is 1. The van der Waals surface area contributed by atoms with Crippen LogP contribution < -0.4 is 15.0 Å². The molecule has 3 aromatic carbocycles. The Morgan fingerprint density at radius 3 is 2.42 bits per heavy atom. The number of benzene rings is 3. The minimum Gasteiger partial charge on any atom is -0.406 e. The highest BCUT2D eigenvalue weighted by atomic mass is 32.2. The number of thioether (sulfide) groups is 1. The number of rotatable bonds is 6. The van der Waals surface area contributed by atoms with Gasteiger partial charge in [-0.1, -0.05) is 54.2 Å². The van der Waals surface area contributed by atoms with Gasteiger partial charge in [-0.25, -0.2) is 14.5 Å². The molecular weight excluding hydrogens is 577 g/mol. The maximum absolute atomic E-state index is 12.8. The standard InChI is InChI=1S/C31H29F3N6O2S/c1-20-6-4-7-21(2)27(20)39-16-5-17-43-30(39)37-29(41)36-22(3)18-23-8-10-24(11-9-23)28-35-19-40(38-28)25-12-14-26(15-13-25)42-31(32,33)34/h4,6-15,18-19H,5,16-17H2,1-3H3,(H,36,41)/b22-18+,37-30?. The van der Waals surface area contributed by atoms with Gasteiger partial charge < -0.3 is 15.0 Å². The molecule has 43 heavy (non-hydrogen) atoms. The van der Waals surface area contributed by atoms with Gasteiger partial charge in [-0.05, 0) is 74.2 Å². The molecule has 1 aliphatic rings. The van der Waals surface area contributed by atoms with E-state index in [2.05, 4.69) is 56.0 Å². The first-order valence-corrected chi connectivity index (χ1v) is 14.5. The monoisotopic (exact) mass is 606 g/mol. The van der Waals surface area contributed by atoms with E-state index in [0.29, 0.717) is 22.4 Å². The molecular formula is C31H29F3N6O2S. The molecule has 222 valence electrons. The number of ether oxygens (including phenoxy) is 1. The van der Waals surface area contributed by atoms with Crippen molar-refractivity contribution in [3.8, 4) is 22.8 Å². The van der Waals surface area contributed by atoms with Crippen LogP contribution in [-0.2, 0) is 0 Å².